The van der Waals surface area contributed by atoms with Crippen molar-refractivity contribution in [1.29, 1.82) is 5.26 Å². The number of nitriles is 1. The Morgan fingerprint density at radius 3 is 3.05 bits per heavy atom. The Kier molecular flexibility index (Phi) is 2.75. The van der Waals surface area contributed by atoms with Crippen molar-refractivity contribution in [2.75, 3.05) is 18.6 Å². The number of aromatic nitrogens is 1. The highest BCUT2D eigenvalue weighted by Crippen LogP contribution is 2.54. The van der Waals surface area contributed by atoms with Gasteiger partial charge in [0.1, 0.15) is 11.9 Å². The van der Waals surface area contributed by atoms with E-state index >= 15 is 0 Å². The third-order valence-corrected chi connectivity index (χ3v) is 4.70. The van der Waals surface area contributed by atoms with Crippen LogP contribution in [0.3, 0.4) is 0 Å². The molecule has 3 rings (SSSR count). The Morgan fingerprint density at radius 2 is 2.32 bits per heavy atom. The molecular formula is C15H19N3O. The predicted molar refractivity (Wildman–Crippen MR) is 72.8 cm³/mol. The first-order chi connectivity index (χ1) is 9.07. The maximum atomic E-state index is 9.22. The van der Waals surface area contributed by atoms with Gasteiger partial charge in [0.15, 0.2) is 0 Å². The number of hydrogen-bond acceptors (Lipinski definition) is 4. The monoisotopic (exact) mass is 257 g/mol. The Bertz CT molecular complexity index is 534. The standard InChI is InChI=1S/C15H19N3O/c1-15(2)12(11-6-8-19-13(11)15)18(3)14-10(9-16)5-4-7-17-14/h4-5,7,11-13H,6,8H2,1-3H3. The molecule has 0 spiro atoms. The Balaban J connectivity index is 1.92. The second kappa shape index (κ2) is 4.21. The van der Waals surface area contributed by atoms with E-state index in [1.165, 1.54) is 0 Å². The van der Waals surface area contributed by atoms with Gasteiger partial charge in [-0.1, -0.05) is 13.8 Å². The summed E-state index contributed by atoms with van der Waals surface area (Å²) in [6, 6.07) is 6.26. The molecule has 0 N–H and O–H groups in total. The second-order valence-electron chi connectivity index (χ2n) is 6.11. The summed E-state index contributed by atoms with van der Waals surface area (Å²) in [4.78, 5) is 6.57. The van der Waals surface area contributed by atoms with Gasteiger partial charge in [-0.05, 0) is 18.6 Å². The molecule has 1 aromatic heterocycles. The highest BCUT2D eigenvalue weighted by Gasteiger charge is 2.61. The van der Waals surface area contributed by atoms with Crippen molar-refractivity contribution in [3.63, 3.8) is 0 Å². The number of fused-ring (bicyclic) bond motifs is 1. The SMILES string of the molecule is CN(c1ncccc1C#N)C1C2CCOC2C1(C)C. The van der Waals surface area contributed by atoms with Crippen LogP contribution < -0.4 is 4.90 Å². The molecule has 0 aromatic carbocycles. The number of anilines is 1. The molecule has 0 radical (unpaired) electrons. The molecule has 3 atom stereocenters. The van der Waals surface area contributed by atoms with Crippen LogP contribution in [0.15, 0.2) is 18.3 Å². The lowest BCUT2D eigenvalue weighted by molar-refractivity contribution is -0.101. The Hall–Kier alpha value is -1.60. The molecule has 2 heterocycles. The third kappa shape index (κ3) is 1.65. The van der Waals surface area contributed by atoms with Crippen LogP contribution in [0.5, 0.6) is 0 Å². The quantitative estimate of drug-likeness (QED) is 0.815. The van der Waals surface area contributed by atoms with Crippen LogP contribution >= 0.6 is 0 Å². The molecule has 19 heavy (non-hydrogen) atoms. The fourth-order valence-electron chi connectivity index (χ4n) is 3.98. The molecule has 1 aromatic rings. The molecule has 1 aliphatic heterocycles. The van der Waals surface area contributed by atoms with E-state index in [-0.39, 0.29) is 5.41 Å². The first-order valence-corrected chi connectivity index (χ1v) is 6.77. The third-order valence-electron chi connectivity index (χ3n) is 4.70. The minimum atomic E-state index is 0.111. The normalized spacial score (nSPS) is 31.2. The van der Waals surface area contributed by atoms with Crippen LogP contribution in [0, 0.1) is 22.7 Å². The maximum absolute atomic E-state index is 9.22. The van der Waals surface area contributed by atoms with E-state index in [1.807, 2.05) is 19.2 Å². The van der Waals surface area contributed by atoms with Crippen molar-refractivity contribution in [1.82, 2.24) is 4.98 Å². The number of ether oxygens (including phenoxy) is 1. The van der Waals surface area contributed by atoms with Gasteiger partial charge in [-0.3, -0.25) is 0 Å². The molecule has 1 saturated carbocycles. The number of rotatable bonds is 2. The first-order valence-electron chi connectivity index (χ1n) is 6.77. The first kappa shape index (κ1) is 12.4. The van der Waals surface area contributed by atoms with Crippen LogP contribution in [-0.2, 0) is 4.74 Å². The van der Waals surface area contributed by atoms with E-state index in [0.717, 1.165) is 18.8 Å². The van der Waals surface area contributed by atoms with E-state index in [1.54, 1.807) is 6.20 Å². The van der Waals surface area contributed by atoms with Gasteiger partial charge in [0.25, 0.3) is 0 Å². The average Bonchev–Trinajstić information content (AvgIpc) is 2.84. The Labute approximate surface area is 114 Å². The largest absolute Gasteiger partial charge is 0.377 e. The van der Waals surface area contributed by atoms with E-state index in [9.17, 15) is 5.26 Å². The summed E-state index contributed by atoms with van der Waals surface area (Å²) in [5.74, 6) is 1.35. The van der Waals surface area contributed by atoms with Crippen molar-refractivity contribution in [3.8, 4) is 6.07 Å². The van der Waals surface area contributed by atoms with Gasteiger partial charge < -0.3 is 9.64 Å². The molecule has 4 heteroatoms. The summed E-state index contributed by atoms with van der Waals surface area (Å²) in [6.45, 7) is 5.35. The Morgan fingerprint density at radius 1 is 1.53 bits per heavy atom. The fourth-order valence-corrected chi connectivity index (χ4v) is 3.98. The van der Waals surface area contributed by atoms with Crippen LogP contribution in [0.2, 0.25) is 0 Å². The molecular weight excluding hydrogens is 238 g/mol. The van der Waals surface area contributed by atoms with E-state index < -0.39 is 0 Å². The van der Waals surface area contributed by atoms with Gasteiger partial charge in [-0.2, -0.15) is 5.26 Å². The van der Waals surface area contributed by atoms with Crippen LogP contribution in [0.25, 0.3) is 0 Å². The van der Waals surface area contributed by atoms with E-state index in [2.05, 4.69) is 29.8 Å². The van der Waals surface area contributed by atoms with Crippen molar-refractivity contribution >= 4 is 5.82 Å². The van der Waals surface area contributed by atoms with E-state index in [0.29, 0.717) is 23.6 Å². The van der Waals surface area contributed by atoms with Crippen molar-refractivity contribution in [3.05, 3.63) is 23.9 Å². The summed E-state index contributed by atoms with van der Waals surface area (Å²) >= 11 is 0. The molecule has 1 saturated heterocycles. The number of hydrogen-bond donors (Lipinski definition) is 0. The summed E-state index contributed by atoms with van der Waals surface area (Å²) < 4.78 is 5.83. The zero-order valence-corrected chi connectivity index (χ0v) is 11.6. The lowest BCUT2D eigenvalue weighted by atomic mass is 9.57. The van der Waals surface area contributed by atoms with Crippen molar-refractivity contribution in [2.45, 2.75) is 32.4 Å². The van der Waals surface area contributed by atoms with Gasteiger partial charge in [0.2, 0.25) is 0 Å². The minimum Gasteiger partial charge on any atom is -0.377 e. The van der Waals surface area contributed by atoms with Gasteiger partial charge in [-0.15, -0.1) is 0 Å². The van der Waals surface area contributed by atoms with Crippen molar-refractivity contribution in [2.24, 2.45) is 11.3 Å². The average molecular weight is 257 g/mol. The van der Waals surface area contributed by atoms with Crippen LogP contribution in [-0.4, -0.2) is 30.8 Å². The zero-order valence-electron chi connectivity index (χ0n) is 11.6. The van der Waals surface area contributed by atoms with Crippen LogP contribution in [0.1, 0.15) is 25.8 Å². The molecule has 4 nitrogen and oxygen atoms in total. The number of nitrogens with zero attached hydrogens (tertiary/aromatic N) is 3. The topological polar surface area (TPSA) is 49.2 Å². The smallest absolute Gasteiger partial charge is 0.146 e. The van der Waals surface area contributed by atoms with Crippen molar-refractivity contribution < 1.29 is 4.74 Å². The highest BCUT2D eigenvalue weighted by atomic mass is 16.5. The molecule has 2 aliphatic rings. The minimum absolute atomic E-state index is 0.111. The lowest BCUT2D eigenvalue weighted by Crippen LogP contribution is -2.66. The predicted octanol–water partition coefficient (Wildman–Crippen LogP) is 2.20. The molecule has 100 valence electrons. The van der Waals surface area contributed by atoms with E-state index in [4.69, 9.17) is 4.74 Å². The maximum Gasteiger partial charge on any atom is 0.146 e. The van der Waals surface area contributed by atoms with Gasteiger partial charge in [0, 0.05) is 37.2 Å². The lowest BCUT2D eigenvalue weighted by Gasteiger charge is -2.58. The summed E-state index contributed by atoms with van der Waals surface area (Å²) in [7, 11) is 2.05. The van der Waals surface area contributed by atoms with Gasteiger partial charge in [-0.25, -0.2) is 4.98 Å². The fraction of sp³-hybridized carbons (Fsp3) is 0.600. The molecule has 3 unspecified atom stereocenters. The summed E-state index contributed by atoms with van der Waals surface area (Å²) in [5.41, 5.74) is 0.753. The zero-order chi connectivity index (χ0) is 13.6. The second-order valence-corrected chi connectivity index (χ2v) is 6.11. The molecule has 2 fully saturated rings. The summed E-state index contributed by atoms with van der Waals surface area (Å²) in [5, 5.41) is 9.22. The summed E-state index contributed by atoms with van der Waals surface area (Å²) in [6.07, 6.45) is 3.22. The van der Waals surface area contributed by atoms with Gasteiger partial charge >= 0.3 is 0 Å². The van der Waals surface area contributed by atoms with Crippen LogP contribution in [0.4, 0.5) is 5.82 Å². The van der Waals surface area contributed by atoms with Gasteiger partial charge in [0.05, 0.1) is 11.7 Å². The molecule has 1 aliphatic carbocycles. The molecule has 0 bridgehead atoms. The molecule has 0 amide bonds. The number of pyridine rings is 1. The highest BCUT2D eigenvalue weighted by molar-refractivity contribution is 5.54.